The first-order valence-electron chi connectivity index (χ1n) is 8.75. The summed E-state index contributed by atoms with van der Waals surface area (Å²) in [5, 5.41) is 12.7. The molecular weight excluding hydrogens is 372 g/mol. The lowest BCUT2D eigenvalue weighted by atomic mass is 10.1. The zero-order valence-corrected chi connectivity index (χ0v) is 16.2. The number of H-pyrrole nitrogens is 1. The Labute approximate surface area is 167 Å². The molecule has 2 N–H and O–H groups in total. The molecule has 2 amide bonds. The molecule has 6 nitrogen and oxygen atoms in total. The third kappa shape index (κ3) is 4.72. The largest absolute Gasteiger partial charge is 0.361 e. The smallest absolute Gasteiger partial charge is 0.258 e. The molecule has 7 heteroatoms. The Morgan fingerprint density at radius 1 is 1.21 bits per heavy atom. The van der Waals surface area contributed by atoms with Crippen LogP contribution in [0.25, 0.3) is 10.9 Å². The van der Waals surface area contributed by atoms with Crippen molar-refractivity contribution in [1.29, 1.82) is 5.26 Å². The fourth-order valence-electron chi connectivity index (χ4n) is 2.76. The van der Waals surface area contributed by atoms with Gasteiger partial charge in [-0.3, -0.25) is 14.5 Å². The van der Waals surface area contributed by atoms with Crippen molar-refractivity contribution < 1.29 is 9.59 Å². The average molecular weight is 392 g/mol. The highest BCUT2D eigenvalue weighted by atomic mass is 32.2. The summed E-state index contributed by atoms with van der Waals surface area (Å²) in [6.45, 7) is 0. The fraction of sp³-hybridized carbons (Fsp3) is 0.190. The molecule has 142 valence electrons. The molecule has 0 aliphatic carbocycles. The van der Waals surface area contributed by atoms with Crippen LogP contribution < -0.4 is 5.32 Å². The standard InChI is InChI=1S/C21H20N4O2S/c1-25(14-22)21(27)19(13-28-12-15-5-3-2-4-6-15)24-20(26)17-7-8-18-16(11-17)9-10-23-18/h2-11,19,23H,12-13H2,1H3,(H,24,26)/t19-/m0/s1. The molecule has 0 aliphatic rings. The van der Waals surface area contributed by atoms with Gasteiger partial charge in [-0.25, -0.2) is 0 Å². The van der Waals surface area contributed by atoms with Crippen LogP contribution in [0.2, 0.25) is 0 Å². The van der Waals surface area contributed by atoms with Crippen LogP contribution in [-0.2, 0) is 10.5 Å². The van der Waals surface area contributed by atoms with Crippen LogP contribution >= 0.6 is 11.8 Å². The van der Waals surface area contributed by atoms with Gasteiger partial charge in [0.15, 0.2) is 6.19 Å². The number of carbonyl (C=O) groups is 2. The summed E-state index contributed by atoms with van der Waals surface area (Å²) in [5.74, 6) is 0.316. The second-order valence-corrected chi connectivity index (χ2v) is 7.33. The zero-order chi connectivity index (χ0) is 19.9. The Bertz CT molecular complexity index is 1010. The highest BCUT2D eigenvalue weighted by molar-refractivity contribution is 7.98. The number of hydrogen-bond donors (Lipinski definition) is 2. The summed E-state index contributed by atoms with van der Waals surface area (Å²) in [5.41, 5.74) is 2.54. The normalized spacial score (nSPS) is 11.6. The summed E-state index contributed by atoms with van der Waals surface area (Å²) in [6.07, 6.45) is 3.61. The van der Waals surface area contributed by atoms with Gasteiger partial charge in [0.1, 0.15) is 6.04 Å². The van der Waals surface area contributed by atoms with Gasteiger partial charge in [0.2, 0.25) is 0 Å². The Morgan fingerprint density at radius 2 is 2.00 bits per heavy atom. The summed E-state index contributed by atoms with van der Waals surface area (Å²) in [6, 6.07) is 16.3. The van der Waals surface area contributed by atoms with Gasteiger partial charge in [0.05, 0.1) is 0 Å². The van der Waals surface area contributed by atoms with Crippen molar-refractivity contribution in [2.75, 3.05) is 12.8 Å². The molecule has 2 aromatic carbocycles. The molecule has 0 spiro atoms. The number of nitriles is 1. The minimum atomic E-state index is -0.784. The second-order valence-electron chi connectivity index (χ2n) is 6.30. The quantitative estimate of drug-likeness (QED) is 0.478. The summed E-state index contributed by atoms with van der Waals surface area (Å²) in [4.78, 5) is 29.2. The maximum absolute atomic E-state index is 12.7. The molecule has 1 heterocycles. The van der Waals surface area contributed by atoms with Crippen LogP contribution in [-0.4, -0.2) is 40.5 Å². The number of hydrogen-bond acceptors (Lipinski definition) is 4. The minimum Gasteiger partial charge on any atom is -0.361 e. The summed E-state index contributed by atoms with van der Waals surface area (Å²) in [7, 11) is 1.40. The van der Waals surface area contributed by atoms with E-state index in [1.165, 1.54) is 18.8 Å². The molecule has 1 atom stereocenters. The van der Waals surface area contributed by atoms with Crippen molar-refractivity contribution >= 4 is 34.5 Å². The average Bonchev–Trinajstić information content (AvgIpc) is 3.20. The number of benzene rings is 2. The Kier molecular flexibility index (Phi) is 6.35. The van der Waals surface area contributed by atoms with E-state index in [-0.39, 0.29) is 5.91 Å². The molecule has 0 saturated carbocycles. The van der Waals surface area contributed by atoms with Gasteiger partial charge < -0.3 is 10.3 Å². The van der Waals surface area contributed by atoms with E-state index in [1.807, 2.05) is 42.5 Å². The zero-order valence-electron chi connectivity index (χ0n) is 15.4. The molecule has 1 aromatic heterocycles. The van der Waals surface area contributed by atoms with Gasteiger partial charge in [-0.05, 0) is 29.8 Å². The van der Waals surface area contributed by atoms with Crippen molar-refractivity contribution in [3.63, 3.8) is 0 Å². The minimum absolute atomic E-state index is 0.340. The van der Waals surface area contributed by atoms with Gasteiger partial charge in [-0.2, -0.15) is 17.0 Å². The van der Waals surface area contributed by atoms with Crippen LogP contribution in [0.5, 0.6) is 0 Å². The topological polar surface area (TPSA) is 89.0 Å². The van der Waals surface area contributed by atoms with Crippen molar-refractivity contribution in [2.45, 2.75) is 11.8 Å². The van der Waals surface area contributed by atoms with E-state index in [2.05, 4.69) is 10.3 Å². The summed E-state index contributed by atoms with van der Waals surface area (Å²) < 4.78 is 0. The van der Waals surface area contributed by atoms with Crippen molar-refractivity contribution in [3.8, 4) is 6.19 Å². The van der Waals surface area contributed by atoms with Crippen LogP contribution in [0.4, 0.5) is 0 Å². The van der Waals surface area contributed by atoms with Gasteiger partial charge in [-0.1, -0.05) is 30.3 Å². The van der Waals surface area contributed by atoms with E-state index >= 15 is 0 Å². The highest BCUT2D eigenvalue weighted by Crippen LogP contribution is 2.16. The molecule has 0 unspecified atom stereocenters. The number of fused-ring (bicyclic) bond motifs is 1. The predicted octanol–water partition coefficient (Wildman–Crippen LogP) is 3.14. The van der Waals surface area contributed by atoms with Gasteiger partial charge in [0, 0.05) is 41.2 Å². The number of nitrogens with one attached hydrogen (secondary N) is 2. The second kappa shape index (κ2) is 9.11. The van der Waals surface area contributed by atoms with E-state index in [9.17, 15) is 9.59 Å². The van der Waals surface area contributed by atoms with Gasteiger partial charge in [-0.15, -0.1) is 0 Å². The number of thioether (sulfide) groups is 1. The van der Waals surface area contributed by atoms with E-state index < -0.39 is 11.9 Å². The van der Waals surface area contributed by atoms with E-state index in [0.717, 1.165) is 21.4 Å². The number of likely N-dealkylation sites (N-methyl/N-ethyl adjacent to an activating group) is 1. The highest BCUT2D eigenvalue weighted by Gasteiger charge is 2.24. The van der Waals surface area contributed by atoms with Crippen LogP contribution in [0.1, 0.15) is 15.9 Å². The van der Waals surface area contributed by atoms with Crippen molar-refractivity contribution in [2.24, 2.45) is 0 Å². The maximum Gasteiger partial charge on any atom is 0.258 e. The molecule has 28 heavy (non-hydrogen) atoms. The van der Waals surface area contributed by atoms with Crippen LogP contribution in [0, 0.1) is 11.5 Å². The molecule has 0 radical (unpaired) electrons. The predicted molar refractivity (Wildman–Crippen MR) is 111 cm³/mol. The first-order chi connectivity index (χ1) is 13.6. The van der Waals surface area contributed by atoms with E-state index in [1.54, 1.807) is 24.5 Å². The molecule has 0 fully saturated rings. The third-order valence-corrected chi connectivity index (χ3v) is 5.40. The van der Waals surface area contributed by atoms with Gasteiger partial charge >= 0.3 is 0 Å². The molecule has 3 rings (SSSR count). The maximum atomic E-state index is 12.7. The van der Waals surface area contributed by atoms with Crippen molar-refractivity contribution in [1.82, 2.24) is 15.2 Å². The first-order valence-corrected chi connectivity index (χ1v) is 9.91. The molecule has 0 aliphatic heterocycles. The van der Waals surface area contributed by atoms with E-state index in [0.29, 0.717) is 17.1 Å². The SMILES string of the molecule is CN(C#N)C(=O)[C@H](CSCc1ccccc1)NC(=O)c1ccc2[nH]ccc2c1. The fourth-order valence-corrected chi connectivity index (χ4v) is 3.77. The third-order valence-electron chi connectivity index (χ3n) is 4.30. The number of aromatic amines is 1. The lowest BCUT2D eigenvalue weighted by Crippen LogP contribution is -2.47. The van der Waals surface area contributed by atoms with Gasteiger partial charge in [0.25, 0.3) is 11.8 Å². The lowest BCUT2D eigenvalue weighted by Gasteiger charge is -2.20. The molecular formula is C21H20N4O2S. The number of nitrogens with zero attached hydrogens (tertiary/aromatic N) is 2. The number of carbonyl (C=O) groups excluding carboxylic acids is 2. The Hall–Kier alpha value is -3.24. The molecule has 3 aromatic rings. The molecule has 0 saturated heterocycles. The number of amides is 2. The first kappa shape index (κ1) is 19.5. The van der Waals surface area contributed by atoms with Crippen LogP contribution in [0.15, 0.2) is 60.8 Å². The lowest BCUT2D eigenvalue weighted by molar-refractivity contribution is -0.128. The van der Waals surface area contributed by atoms with Crippen molar-refractivity contribution in [3.05, 3.63) is 71.9 Å². The number of aromatic nitrogens is 1. The van der Waals surface area contributed by atoms with Crippen LogP contribution in [0.3, 0.4) is 0 Å². The Morgan fingerprint density at radius 3 is 2.75 bits per heavy atom. The molecule has 0 bridgehead atoms. The number of rotatable bonds is 7. The monoisotopic (exact) mass is 392 g/mol. The van der Waals surface area contributed by atoms with E-state index in [4.69, 9.17) is 5.26 Å². The summed E-state index contributed by atoms with van der Waals surface area (Å²) >= 11 is 1.54. The Balaban J connectivity index is 1.69.